The highest BCUT2D eigenvalue weighted by molar-refractivity contribution is 5.19. The Bertz CT molecular complexity index is 185. The molecule has 0 fully saturated rings. The Labute approximate surface area is 79.0 Å². The molecule has 3 nitrogen and oxygen atoms in total. The smallest absolute Gasteiger partial charge is 0.0647 e. The van der Waals surface area contributed by atoms with E-state index >= 15 is 0 Å². The standard InChI is InChI=1S/C10H18O3/c1-3-9(7-13)10(4-5-11)8(2)6-12/h3,10-13H,2,4-7H2,1H3/t10-/m1/s1. The van der Waals surface area contributed by atoms with E-state index in [2.05, 4.69) is 6.58 Å². The van der Waals surface area contributed by atoms with Crippen molar-refractivity contribution in [3.8, 4) is 0 Å². The lowest BCUT2D eigenvalue weighted by Gasteiger charge is -2.19. The van der Waals surface area contributed by atoms with Gasteiger partial charge >= 0.3 is 0 Å². The molecule has 0 aromatic carbocycles. The van der Waals surface area contributed by atoms with Crippen LogP contribution in [0.1, 0.15) is 13.3 Å². The molecule has 0 aliphatic carbocycles. The molecule has 76 valence electrons. The van der Waals surface area contributed by atoms with Gasteiger partial charge in [-0.1, -0.05) is 12.7 Å². The van der Waals surface area contributed by atoms with Gasteiger partial charge in [-0.3, -0.25) is 0 Å². The maximum Gasteiger partial charge on any atom is 0.0647 e. The van der Waals surface area contributed by atoms with Crippen LogP contribution in [0.4, 0.5) is 0 Å². The molecular formula is C10H18O3. The van der Waals surface area contributed by atoms with Crippen molar-refractivity contribution in [2.75, 3.05) is 19.8 Å². The highest BCUT2D eigenvalue weighted by Gasteiger charge is 2.15. The summed E-state index contributed by atoms with van der Waals surface area (Å²) in [5.74, 6) is -0.106. The van der Waals surface area contributed by atoms with Crippen LogP contribution in [0.2, 0.25) is 0 Å². The lowest BCUT2D eigenvalue weighted by molar-refractivity contribution is 0.251. The number of allylic oxidation sites excluding steroid dienone is 1. The van der Waals surface area contributed by atoms with Crippen LogP contribution in [0.5, 0.6) is 0 Å². The Morgan fingerprint density at radius 3 is 2.23 bits per heavy atom. The Balaban J connectivity index is 4.48. The van der Waals surface area contributed by atoms with E-state index in [9.17, 15) is 0 Å². The minimum Gasteiger partial charge on any atom is -0.396 e. The van der Waals surface area contributed by atoms with E-state index < -0.39 is 0 Å². The minimum atomic E-state index is -0.109. The van der Waals surface area contributed by atoms with Crippen LogP contribution in [0.3, 0.4) is 0 Å². The van der Waals surface area contributed by atoms with E-state index in [1.54, 1.807) is 6.08 Å². The van der Waals surface area contributed by atoms with Crippen LogP contribution >= 0.6 is 0 Å². The van der Waals surface area contributed by atoms with Crippen molar-refractivity contribution >= 4 is 0 Å². The Kier molecular flexibility index (Phi) is 6.49. The van der Waals surface area contributed by atoms with Gasteiger partial charge in [0.1, 0.15) is 0 Å². The maximum atomic E-state index is 8.99. The van der Waals surface area contributed by atoms with E-state index in [0.717, 1.165) is 5.57 Å². The summed E-state index contributed by atoms with van der Waals surface area (Å²) in [6.07, 6.45) is 2.29. The third-order valence-corrected chi connectivity index (χ3v) is 2.11. The summed E-state index contributed by atoms with van der Waals surface area (Å²) >= 11 is 0. The molecule has 0 saturated carbocycles. The number of hydrogen-bond acceptors (Lipinski definition) is 3. The van der Waals surface area contributed by atoms with Crippen molar-refractivity contribution in [2.24, 2.45) is 5.92 Å². The first kappa shape index (κ1) is 12.4. The summed E-state index contributed by atoms with van der Waals surface area (Å²) in [7, 11) is 0. The lowest BCUT2D eigenvalue weighted by Crippen LogP contribution is -2.14. The Morgan fingerprint density at radius 1 is 1.31 bits per heavy atom. The molecule has 3 heteroatoms. The second-order valence-corrected chi connectivity index (χ2v) is 2.90. The summed E-state index contributed by atoms with van der Waals surface area (Å²) < 4.78 is 0. The monoisotopic (exact) mass is 186 g/mol. The zero-order valence-electron chi connectivity index (χ0n) is 8.03. The molecule has 0 unspecified atom stereocenters. The van der Waals surface area contributed by atoms with Crippen molar-refractivity contribution in [2.45, 2.75) is 13.3 Å². The van der Waals surface area contributed by atoms with E-state index in [0.29, 0.717) is 12.0 Å². The van der Waals surface area contributed by atoms with Crippen LogP contribution < -0.4 is 0 Å². The average Bonchev–Trinajstić information content (AvgIpc) is 2.17. The van der Waals surface area contributed by atoms with Gasteiger partial charge in [-0.25, -0.2) is 0 Å². The van der Waals surface area contributed by atoms with Crippen molar-refractivity contribution in [3.05, 3.63) is 23.8 Å². The number of hydrogen-bond donors (Lipinski definition) is 3. The largest absolute Gasteiger partial charge is 0.396 e. The van der Waals surface area contributed by atoms with Gasteiger partial charge in [0, 0.05) is 12.5 Å². The topological polar surface area (TPSA) is 60.7 Å². The van der Waals surface area contributed by atoms with Gasteiger partial charge in [0.25, 0.3) is 0 Å². The van der Waals surface area contributed by atoms with E-state index in [-0.39, 0.29) is 25.7 Å². The minimum absolute atomic E-state index is 0.0288. The molecule has 13 heavy (non-hydrogen) atoms. The quantitative estimate of drug-likeness (QED) is 0.528. The van der Waals surface area contributed by atoms with Gasteiger partial charge in [-0.2, -0.15) is 0 Å². The first-order valence-electron chi connectivity index (χ1n) is 4.36. The van der Waals surface area contributed by atoms with Crippen molar-refractivity contribution in [1.29, 1.82) is 0 Å². The van der Waals surface area contributed by atoms with Gasteiger partial charge < -0.3 is 15.3 Å². The molecule has 0 rings (SSSR count). The number of aliphatic hydroxyl groups excluding tert-OH is 3. The van der Waals surface area contributed by atoms with Crippen LogP contribution in [0.15, 0.2) is 23.8 Å². The summed E-state index contributed by atoms with van der Waals surface area (Å²) in [6, 6.07) is 0. The third kappa shape index (κ3) is 3.72. The predicted molar refractivity (Wildman–Crippen MR) is 52.3 cm³/mol. The molecule has 0 aliphatic rings. The molecular weight excluding hydrogens is 168 g/mol. The zero-order chi connectivity index (χ0) is 10.3. The SMILES string of the molecule is C=C(CO)[C@@H](CCO)C(=CC)CO. The highest BCUT2D eigenvalue weighted by atomic mass is 16.3. The summed E-state index contributed by atoms with van der Waals surface area (Å²) in [6.45, 7) is 5.38. The van der Waals surface area contributed by atoms with E-state index in [4.69, 9.17) is 15.3 Å². The van der Waals surface area contributed by atoms with Gasteiger partial charge in [0.2, 0.25) is 0 Å². The average molecular weight is 186 g/mol. The molecule has 0 bridgehead atoms. The normalized spacial score (nSPS) is 14.3. The highest BCUT2D eigenvalue weighted by Crippen LogP contribution is 2.21. The summed E-state index contributed by atoms with van der Waals surface area (Å²) in [4.78, 5) is 0. The van der Waals surface area contributed by atoms with Crippen LogP contribution in [0.25, 0.3) is 0 Å². The van der Waals surface area contributed by atoms with E-state index in [1.165, 1.54) is 0 Å². The third-order valence-electron chi connectivity index (χ3n) is 2.11. The van der Waals surface area contributed by atoms with Crippen LogP contribution in [-0.4, -0.2) is 35.1 Å². The summed E-state index contributed by atoms with van der Waals surface area (Å²) in [5.41, 5.74) is 1.43. The molecule has 0 amide bonds. The fourth-order valence-electron chi connectivity index (χ4n) is 1.29. The first-order chi connectivity index (χ1) is 6.21. The fourth-order valence-corrected chi connectivity index (χ4v) is 1.29. The van der Waals surface area contributed by atoms with Gasteiger partial charge in [-0.05, 0) is 24.5 Å². The zero-order valence-corrected chi connectivity index (χ0v) is 8.03. The van der Waals surface area contributed by atoms with Gasteiger partial charge in [0.05, 0.1) is 13.2 Å². The lowest BCUT2D eigenvalue weighted by atomic mass is 9.89. The van der Waals surface area contributed by atoms with Gasteiger partial charge in [0.15, 0.2) is 0 Å². The van der Waals surface area contributed by atoms with Crippen molar-refractivity contribution in [1.82, 2.24) is 0 Å². The number of rotatable bonds is 6. The maximum absolute atomic E-state index is 8.99. The summed E-state index contributed by atoms with van der Waals surface area (Å²) in [5, 5.41) is 26.7. The first-order valence-corrected chi connectivity index (χ1v) is 4.36. The second kappa shape index (κ2) is 6.83. The van der Waals surface area contributed by atoms with Crippen molar-refractivity contribution in [3.63, 3.8) is 0 Å². The predicted octanol–water partition coefficient (Wildman–Crippen LogP) is 0.472. The molecule has 0 aromatic heterocycles. The molecule has 0 aromatic rings. The molecule has 1 atom stereocenters. The molecule has 3 N–H and O–H groups in total. The van der Waals surface area contributed by atoms with Crippen molar-refractivity contribution < 1.29 is 15.3 Å². The molecule has 0 heterocycles. The Hall–Kier alpha value is -0.640. The Morgan fingerprint density at radius 2 is 1.92 bits per heavy atom. The molecule has 0 spiro atoms. The van der Waals surface area contributed by atoms with Gasteiger partial charge in [-0.15, -0.1) is 0 Å². The molecule has 0 aliphatic heterocycles. The fraction of sp³-hybridized carbons (Fsp3) is 0.600. The second-order valence-electron chi connectivity index (χ2n) is 2.90. The van der Waals surface area contributed by atoms with Crippen LogP contribution in [-0.2, 0) is 0 Å². The van der Waals surface area contributed by atoms with E-state index in [1.807, 2.05) is 6.92 Å². The van der Waals surface area contributed by atoms with Crippen LogP contribution in [0, 0.1) is 5.92 Å². The molecule has 0 saturated heterocycles. The molecule has 0 radical (unpaired) electrons. The number of aliphatic hydroxyl groups is 3.